The van der Waals surface area contributed by atoms with Crippen molar-refractivity contribution in [2.75, 3.05) is 0 Å². The zero-order valence-electron chi connectivity index (χ0n) is 12.6. The Kier molecular flexibility index (Phi) is 5.21. The fourth-order valence-corrected chi connectivity index (χ4v) is 3.63. The molecule has 3 unspecified atom stereocenters. The number of nitrogens with zero attached hydrogens (tertiary/aromatic N) is 2. The Bertz CT molecular complexity index is 441. The van der Waals surface area contributed by atoms with E-state index in [0.29, 0.717) is 5.92 Å². The highest BCUT2D eigenvalue weighted by Gasteiger charge is 2.34. The second-order valence-corrected chi connectivity index (χ2v) is 6.23. The SMILES string of the molecule is CCCC1CCC(C(=O)O)C(CCc2cnn(C)c2)C1. The molecule has 0 aliphatic heterocycles. The van der Waals surface area contributed by atoms with Crippen LogP contribution in [0, 0.1) is 17.8 Å². The average molecular weight is 278 g/mol. The molecule has 0 aromatic carbocycles. The molecule has 1 fully saturated rings. The normalized spacial score (nSPS) is 26.6. The molecule has 0 spiro atoms. The molecule has 1 aliphatic carbocycles. The molecule has 0 radical (unpaired) electrons. The summed E-state index contributed by atoms with van der Waals surface area (Å²) in [4.78, 5) is 11.4. The lowest BCUT2D eigenvalue weighted by atomic mass is 9.71. The Morgan fingerprint density at radius 1 is 1.45 bits per heavy atom. The third-order valence-electron chi connectivity index (χ3n) is 4.67. The van der Waals surface area contributed by atoms with Gasteiger partial charge in [0.1, 0.15) is 0 Å². The maximum Gasteiger partial charge on any atom is 0.306 e. The smallest absolute Gasteiger partial charge is 0.306 e. The van der Waals surface area contributed by atoms with Gasteiger partial charge in [-0.25, -0.2) is 0 Å². The van der Waals surface area contributed by atoms with Crippen molar-refractivity contribution in [1.82, 2.24) is 9.78 Å². The van der Waals surface area contributed by atoms with Crippen LogP contribution in [0.2, 0.25) is 0 Å². The maximum atomic E-state index is 11.4. The van der Waals surface area contributed by atoms with Gasteiger partial charge in [0, 0.05) is 13.2 Å². The summed E-state index contributed by atoms with van der Waals surface area (Å²) >= 11 is 0. The van der Waals surface area contributed by atoms with Crippen molar-refractivity contribution in [3.05, 3.63) is 18.0 Å². The van der Waals surface area contributed by atoms with Crippen molar-refractivity contribution >= 4 is 5.97 Å². The molecule has 4 heteroatoms. The molecule has 1 heterocycles. The van der Waals surface area contributed by atoms with Crippen LogP contribution in [-0.2, 0) is 18.3 Å². The summed E-state index contributed by atoms with van der Waals surface area (Å²) in [5.74, 6) is 0.323. The van der Waals surface area contributed by atoms with E-state index in [2.05, 4.69) is 12.0 Å². The largest absolute Gasteiger partial charge is 0.481 e. The lowest BCUT2D eigenvalue weighted by Crippen LogP contribution is -2.31. The number of aryl methyl sites for hydroxylation is 2. The van der Waals surface area contributed by atoms with E-state index in [0.717, 1.165) is 38.0 Å². The van der Waals surface area contributed by atoms with E-state index in [1.807, 2.05) is 24.1 Å². The van der Waals surface area contributed by atoms with Crippen molar-refractivity contribution in [3.8, 4) is 0 Å². The molecule has 0 bridgehead atoms. The molecule has 0 amide bonds. The zero-order valence-corrected chi connectivity index (χ0v) is 12.6. The van der Waals surface area contributed by atoms with Crippen molar-refractivity contribution in [2.45, 2.75) is 51.9 Å². The first-order valence-electron chi connectivity index (χ1n) is 7.80. The highest BCUT2D eigenvalue weighted by molar-refractivity contribution is 5.70. The molecule has 1 aromatic heterocycles. The van der Waals surface area contributed by atoms with Crippen molar-refractivity contribution in [3.63, 3.8) is 0 Å². The second-order valence-electron chi connectivity index (χ2n) is 6.23. The van der Waals surface area contributed by atoms with Gasteiger partial charge in [-0.3, -0.25) is 9.48 Å². The van der Waals surface area contributed by atoms with Crippen LogP contribution >= 0.6 is 0 Å². The molecule has 1 aliphatic rings. The molecule has 20 heavy (non-hydrogen) atoms. The van der Waals surface area contributed by atoms with Gasteiger partial charge >= 0.3 is 5.97 Å². The van der Waals surface area contributed by atoms with Crippen molar-refractivity contribution < 1.29 is 9.90 Å². The van der Waals surface area contributed by atoms with Gasteiger partial charge in [0.05, 0.1) is 12.1 Å². The fraction of sp³-hybridized carbons (Fsp3) is 0.750. The number of hydrogen-bond donors (Lipinski definition) is 1. The molecular formula is C16H26N2O2. The Morgan fingerprint density at radius 2 is 2.25 bits per heavy atom. The van der Waals surface area contributed by atoms with Crippen LogP contribution < -0.4 is 0 Å². The van der Waals surface area contributed by atoms with Crippen LogP contribution in [0.4, 0.5) is 0 Å². The second kappa shape index (κ2) is 6.91. The monoisotopic (exact) mass is 278 g/mol. The Balaban J connectivity index is 1.94. The molecule has 4 nitrogen and oxygen atoms in total. The fourth-order valence-electron chi connectivity index (χ4n) is 3.63. The molecule has 3 atom stereocenters. The Morgan fingerprint density at radius 3 is 2.85 bits per heavy atom. The van der Waals surface area contributed by atoms with Gasteiger partial charge in [-0.05, 0) is 49.5 Å². The van der Waals surface area contributed by atoms with E-state index in [9.17, 15) is 9.90 Å². The zero-order chi connectivity index (χ0) is 14.5. The minimum Gasteiger partial charge on any atom is -0.481 e. The molecule has 1 N–H and O–H groups in total. The van der Waals surface area contributed by atoms with Crippen molar-refractivity contribution in [1.29, 1.82) is 0 Å². The van der Waals surface area contributed by atoms with Crippen LogP contribution in [0.25, 0.3) is 0 Å². The summed E-state index contributed by atoms with van der Waals surface area (Å²) in [6.45, 7) is 2.22. The van der Waals surface area contributed by atoms with Crippen LogP contribution in [0.3, 0.4) is 0 Å². The van der Waals surface area contributed by atoms with Crippen LogP contribution in [-0.4, -0.2) is 20.9 Å². The summed E-state index contributed by atoms with van der Waals surface area (Å²) in [5.41, 5.74) is 1.22. The third kappa shape index (κ3) is 3.84. The van der Waals surface area contributed by atoms with Gasteiger partial charge in [0.15, 0.2) is 0 Å². The minimum absolute atomic E-state index is 0.139. The molecule has 1 saturated carbocycles. The molecule has 112 valence electrons. The standard InChI is InChI=1S/C16H26N2O2/c1-3-4-12-6-8-15(16(19)20)14(9-12)7-5-13-10-17-18(2)11-13/h10-12,14-15H,3-9H2,1-2H3,(H,19,20). The summed E-state index contributed by atoms with van der Waals surface area (Å²) < 4.78 is 1.81. The first-order chi connectivity index (χ1) is 9.60. The predicted molar refractivity (Wildman–Crippen MR) is 78.4 cm³/mol. The Labute approximate surface area is 121 Å². The van der Waals surface area contributed by atoms with Gasteiger partial charge in [-0.1, -0.05) is 19.8 Å². The highest BCUT2D eigenvalue weighted by atomic mass is 16.4. The number of rotatable bonds is 6. The predicted octanol–water partition coefficient (Wildman–Crippen LogP) is 3.27. The van der Waals surface area contributed by atoms with Gasteiger partial charge in [-0.15, -0.1) is 0 Å². The highest BCUT2D eigenvalue weighted by Crippen LogP contribution is 2.38. The van der Waals surface area contributed by atoms with E-state index in [1.54, 1.807) is 0 Å². The van der Waals surface area contributed by atoms with E-state index in [1.165, 1.54) is 18.4 Å². The van der Waals surface area contributed by atoms with Crippen molar-refractivity contribution in [2.24, 2.45) is 24.8 Å². The van der Waals surface area contributed by atoms with Gasteiger partial charge in [-0.2, -0.15) is 5.10 Å². The van der Waals surface area contributed by atoms with E-state index < -0.39 is 5.97 Å². The molecule has 0 saturated heterocycles. The lowest BCUT2D eigenvalue weighted by molar-refractivity contribution is -0.145. The van der Waals surface area contributed by atoms with Crippen LogP contribution in [0.5, 0.6) is 0 Å². The minimum atomic E-state index is -0.601. The Hall–Kier alpha value is -1.32. The van der Waals surface area contributed by atoms with Gasteiger partial charge in [0.25, 0.3) is 0 Å². The summed E-state index contributed by atoms with van der Waals surface area (Å²) in [7, 11) is 1.92. The quantitative estimate of drug-likeness (QED) is 0.869. The molecular weight excluding hydrogens is 252 g/mol. The number of aliphatic carboxylic acids is 1. The van der Waals surface area contributed by atoms with Gasteiger partial charge < -0.3 is 5.11 Å². The van der Waals surface area contributed by atoms with E-state index >= 15 is 0 Å². The number of hydrogen-bond acceptors (Lipinski definition) is 2. The topological polar surface area (TPSA) is 55.1 Å². The maximum absolute atomic E-state index is 11.4. The number of carboxylic acids is 1. The first kappa shape index (κ1) is 15.1. The first-order valence-corrected chi connectivity index (χ1v) is 7.80. The lowest BCUT2D eigenvalue weighted by Gasteiger charge is -2.34. The number of aromatic nitrogens is 2. The van der Waals surface area contributed by atoms with E-state index in [-0.39, 0.29) is 5.92 Å². The van der Waals surface area contributed by atoms with Gasteiger partial charge in [0.2, 0.25) is 0 Å². The summed E-state index contributed by atoms with van der Waals surface area (Å²) in [5, 5.41) is 13.6. The van der Waals surface area contributed by atoms with Crippen LogP contribution in [0.15, 0.2) is 12.4 Å². The average Bonchev–Trinajstić information content (AvgIpc) is 2.82. The third-order valence-corrected chi connectivity index (χ3v) is 4.67. The molecule has 1 aromatic rings. The number of carboxylic acid groups (broad SMARTS) is 1. The van der Waals surface area contributed by atoms with Crippen LogP contribution in [0.1, 0.15) is 51.0 Å². The van der Waals surface area contributed by atoms with E-state index in [4.69, 9.17) is 0 Å². The summed E-state index contributed by atoms with van der Waals surface area (Å²) in [6.07, 6.45) is 11.3. The summed E-state index contributed by atoms with van der Waals surface area (Å²) in [6, 6.07) is 0. The number of carbonyl (C=O) groups is 1. The molecule has 2 rings (SSSR count).